The predicted molar refractivity (Wildman–Crippen MR) is 84.6 cm³/mol. The molecule has 1 N–H and O–H groups in total. The second-order valence-corrected chi connectivity index (χ2v) is 7.20. The zero-order chi connectivity index (χ0) is 14.5. The molecule has 0 bridgehead atoms. The van der Waals surface area contributed by atoms with Crippen LogP contribution in [0.3, 0.4) is 0 Å². The molecule has 1 aromatic carbocycles. The topological polar surface area (TPSA) is 54.9 Å². The number of benzene rings is 1. The van der Waals surface area contributed by atoms with E-state index in [0.717, 1.165) is 27.8 Å². The average Bonchev–Trinajstić information content (AvgIpc) is 2.83. The van der Waals surface area contributed by atoms with Gasteiger partial charge in [0.25, 0.3) is 0 Å². The zero-order valence-electron chi connectivity index (χ0n) is 11.9. The Bertz CT molecular complexity index is 578. The molecule has 1 heterocycles. The largest absolute Gasteiger partial charge is 0.356 e. The summed E-state index contributed by atoms with van der Waals surface area (Å²) in [5.74, 6) is 1.48. The van der Waals surface area contributed by atoms with Gasteiger partial charge in [0.2, 0.25) is 5.13 Å². The summed E-state index contributed by atoms with van der Waals surface area (Å²) in [4.78, 5) is 5.31. The molecule has 0 saturated heterocycles. The molecule has 1 atom stereocenters. The fraction of sp³-hybridized carbons (Fsp3) is 0.429. The molecule has 4 nitrogen and oxygen atoms in total. The lowest BCUT2D eigenvalue weighted by molar-refractivity contribution is 0.627. The summed E-state index contributed by atoms with van der Waals surface area (Å²) >= 11 is 1.40. The molecule has 0 radical (unpaired) electrons. The molecular weight excluding hydrogens is 290 g/mol. The Morgan fingerprint density at radius 3 is 2.60 bits per heavy atom. The number of nitrogens with one attached hydrogen (secondary N) is 1. The van der Waals surface area contributed by atoms with E-state index in [1.165, 1.54) is 11.5 Å². The van der Waals surface area contributed by atoms with E-state index in [1.54, 1.807) is 6.26 Å². The third-order valence-corrected chi connectivity index (χ3v) is 4.40. The second-order valence-electron chi connectivity index (χ2n) is 5.07. The van der Waals surface area contributed by atoms with Gasteiger partial charge in [0.15, 0.2) is 0 Å². The monoisotopic (exact) mass is 309 g/mol. The lowest BCUT2D eigenvalue weighted by atomic mass is 10.1. The molecule has 6 heteroatoms. The maximum atomic E-state index is 11.3. The SMILES string of the molecule is CC(C)Cc1nsc(NCc2ccc([S@](C)=O)cc2)n1. The predicted octanol–water partition coefficient (Wildman–Crippen LogP) is 3.09. The van der Waals surface area contributed by atoms with E-state index >= 15 is 0 Å². The van der Waals surface area contributed by atoms with Crippen LogP contribution < -0.4 is 5.32 Å². The van der Waals surface area contributed by atoms with Gasteiger partial charge in [0.05, 0.1) is 0 Å². The molecule has 0 fully saturated rings. The first-order valence-corrected chi connectivity index (χ1v) is 8.86. The Balaban J connectivity index is 1.91. The first-order chi connectivity index (χ1) is 9.54. The fourth-order valence-corrected chi connectivity index (χ4v) is 2.86. The minimum Gasteiger partial charge on any atom is -0.356 e. The third-order valence-electron chi connectivity index (χ3n) is 2.76. The van der Waals surface area contributed by atoms with Crippen molar-refractivity contribution in [1.82, 2.24) is 9.36 Å². The van der Waals surface area contributed by atoms with Gasteiger partial charge in [-0.05, 0) is 23.6 Å². The summed E-state index contributed by atoms with van der Waals surface area (Å²) in [5, 5.41) is 4.12. The van der Waals surface area contributed by atoms with Crippen LogP contribution in [0.5, 0.6) is 0 Å². The van der Waals surface area contributed by atoms with Crippen molar-refractivity contribution < 1.29 is 4.21 Å². The van der Waals surface area contributed by atoms with Gasteiger partial charge in [-0.2, -0.15) is 4.37 Å². The van der Waals surface area contributed by atoms with Crippen LogP contribution >= 0.6 is 11.5 Å². The van der Waals surface area contributed by atoms with Gasteiger partial charge < -0.3 is 5.32 Å². The maximum absolute atomic E-state index is 11.3. The zero-order valence-corrected chi connectivity index (χ0v) is 13.6. The maximum Gasteiger partial charge on any atom is 0.202 e. The molecule has 1 aromatic heterocycles. The number of rotatable bonds is 6. The average molecular weight is 309 g/mol. The van der Waals surface area contributed by atoms with E-state index in [1.807, 2.05) is 24.3 Å². The molecule has 0 aliphatic heterocycles. The standard InChI is InChI=1S/C14H19N3OS2/c1-10(2)8-13-16-14(19-17-13)15-9-11-4-6-12(7-5-11)20(3)18/h4-7,10H,8-9H2,1-3H3,(H,15,16,17)/t20-/m0/s1. The number of hydrogen-bond donors (Lipinski definition) is 1. The summed E-state index contributed by atoms with van der Waals surface area (Å²) in [6.45, 7) is 5.02. The Morgan fingerprint density at radius 1 is 1.30 bits per heavy atom. The molecule has 0 unspecified atom stereocenters. The number of aromatic nitrogens is 2. The lowest BCUT2D eigenvalue weighted by Gasteiger charge is -2.03. The Kier molecular flexibility index (Phi) is 5.25. The number of nitrogens with zero attached hydrogens (tertiary/aromatic N) is 2. The Labute approximate surface area is 126 Å². The van der Waals surface area contributed by atoms with Crippen molar-refractivity contribution in [2.75, 3.05) is 11.6 Å². The summed E-state index contributed by atoms with van der Waals surface area (Å²) in [6, 6.07) is 7.77. The number of hydrogen-bond acceptors (Lipinski definition) is 5. The van der Waals surface area contributed by atoms with Crippen LogP contribution in [0.2, 0.25) is 0 Å². The molecular formula is C14H19N3OS2. The van der Waals surface area contributed by atoms with Crippen LogP contribution in [-0.4, -0.2) is 19.8 Å². The highest BCUT2D eigenvalue weighted by Crippen LogP contribution is 2.15. The van der Waals surface area contributed by atoms with Crippen LogP contribution in [0.15, 0.2) is 29.2 Å². The van der Waals surface area contributed by atoms with Crippen molar-refractivity contribution in [1.29, 1.82) is 0 Å². The molecule has 0 spiro atoms. The summed E-state index contributed by atoms with van der Waals surface area (Å²) in [7, 11) is -0.920. The molecule has 0 amide bonds. The van der Waals surface area contributed by atoms with Crippen LogP contribution in [0, 0.1) is 5.92 Å². The van der Waals surface area contributed by atoms with Crippen LogP contribution in [0.4, 0.5) is 5.13 Å². The summed E-state index contributed by atoms with van der Waals surface area (Å²) in [6.07, 6.45) is 2.60. The van der Waals surface area contributed by atoms with E-state index in [0.29, 0.717) is 12.5 Å². The van der Waals surface area contributed by atoms with Gasteiger partial charge in [-0.25, -0.2) is 4.98 Å². The van der Waals surface area contributed by atoms with E-state index in [9.17, 15) is 4.21 Å². The van der Waals surface area contributed by atoms with Crippen molar-refractivity contribution in [2.24, 2.45) is 5.92 Å². The quantitative estimate of drug-likeness (QED) is 0.891. The smallest absolute Gasteiger partial charge is 0.202 e. The minimum atomic E-state index is -0.920. The molecule has 108 valence electrons. The highest BCUT2D eigenvalue weighted by Gasteiger charge is 2.06. The van der Waals surface area contributed by atoms with E-state index in [-0.39, 0.29) is 0 Å². The third kappa shape index (κ3) is 4.38. The first-order valence-electron chi connectivity index (χ1n) is 6.53. The molecule has 0 saturated carbocycles. The van der Waals surface area contributed by atoms with Crippen molar-refractivity contribution in [3.63, 3.8) is 0 Å². The van der Waals surface area contributed by atoms with E-state index < -0.39 is 10.8 Å². The van der Waals surface area contributed by atoms with Crippen LogP contribution in [0.25, 0.3) is 0 Å². The van der Waals surface area contributed by atoms with Gasteiger partial charge in [-0.15, -0.1) is 0 Å². The summed E-state index contributed by atoms with van der Waals surface area (Å²) < 4.78 is 15.6. The van der Waals surface area contributed by atoms with Crippen molar-refractivity contribution in [3.8, 4) is 0 Å². The molecule has 0 aliphatic rings. The van der Waals surface area contributed by atoms with Crippen molar-refractivity contribution in [3.05, 3.63) is 35.7 Å². The summed E-state index contributed by atoms with van der Waals surface area (Å²) in [5.41, 5.74) is 1.14. The van der Waals surface area contributed by atoms with E-state index in [2.05, 4.69) is 28.5 Å². The van der Waals surface area contributed by atoms with Crippen LogP contribution in [0.1, 0.15) is 25.2 Å². The molecule has 2 aromatic rings. The fourth-order valence-electron chi connectivity index (χ4n) is 1.75. The molecule has 0 aliphatic carbocycles. The lowest BCUT2D eigenvalue weighted by Crippen LogP contribution is -2.00. The van der Waals surface area contributed by atoms with Gasteiger partial charge in [-0.1, -0.05) is 26.0 Å². The minimum absolute atomic E-state index is 0.569. The van der Waals surface area contributed by atoms with Gasteiger partial charge in [0.1, 0.15) is 5.82 Å². The highest BCUT2D eigenvalue weighted by atomic mass is 32.2. The Hall–Kier alpha value is -1.27. The van der Waals surface area contributed by atoms with Gasteiger partial charge in [-0.3, -0.25) is 4.21 Å². The first kappa shape index (κ1) is 15.1. The Morgan fingerprint density at radius 2 is 2.00 bits per heavy atom. The van der Waals surface area contributed by atoms with Crippen molar-refractivity contribution >= 4 is 27.5 Å². The van der Waals surface area contributed by atoms with Crippen LogP contribution in [-0.2, 0) is 23.8 Å². The second kappa shape index (κ2) is 6.95. The van der Waals surface area contributed by atoms with Crippen molar-refractivity contribution in [2.45, 2.75) is 31.7 Å². The van der Waals surface area contributed by atoms with Gasteiger partial charge in [0, 0.05) is 46.4 Å². The van der Waals surface area contributed by atoms with E-state index in [4.69, 9.17) is 0 Å². The van der Waals surface area contributed by atoms with Gasteiger partial charge >= 0.3 is 0 Å². The highest BCUT2D eigenvalue weighted by molar-refractivity contribution is 7.84. The normalized spacial score (nSPS) is 12.6. The molecule has 20 heavy (non-hydrogen) atoms. The number of anilines is 1. The molecule has 2 rings (SSSR count).